The minimum Gasteiger partial charge on any atom is -0.508 e. The van der Waals surface area contributed by atoms with Crippen LogP contribution in [0.15, 0.2) is 119 Å². The largest absolute Gasteiger partial charge is 0.508 e. The van der Waals surface area contributed by atoms with Gasteiger partial charge in [-0.15, -0.1) is 22.0 Å². The van der Waals surface area contributed by atoms with Gasteiger partial charge in [-0.2, -0.15) is 13.2 Å². The fourth-order valence-electron chi connectivity index (χ4n) is 5.68. The number of aromatic hydroxyl groups is 1. The summed E-state index contributed by atoms with van der Waals surface area (Å²) < 4.78 is 69.8. The molecule has 10 nitrogen and oxygen atoms in total. The Hall–Kier alpha value is -5.56. The maximum absolute atomic E-state index is 14.0. The molecule has 0 radical (unpaired) electrons. The van der Waals surface area contributed by atoms with E-state index >= 15 is 0 Å². The monoisotopic (exact) mass is 772 g/mol. The zero-order valence-electron chi connectivity index (χ0n) is 28.8. The van der Waals surface area contributed by atoms with Gasteiger partial charge in [0.15, 0.2) is 11.5 Å². The molecule has 4 aromatic carbocycles. The lowest BCUT2D eigenvalue weighted by atomic mass is 10.1. The molecule has 1 aliphatic rings. The Bertz CT molecular complexity index is 2260. The molecular weight excluding hydrogens is 738 g/mol. The van der Waals surface area contributed by atoms with Gasteiger partial charge in [0.1, 0.15) is 5.75 Å². The van der Waals surface area contributed by atoms with Crippen molar-refractivity contribution in [3.63, 3.8) is 0 Å². The number of hydrogen-bond acceptors (Lipinski definition) is 10. The number of aromatic nitrogens is 2. The van der Waals surface area contributed by atoms with Crippen molar-refractivity contribution >= 4 is 39.2 Å². The second kappa shape index (κ2) is 17.1. The predicted octanol–water partition coefficient (Wildman–Crippen LogP) is 6.25. The molecule has 6 rings (SSSR count). The standard InChI is InChI=1S/C39H35F3N6O4S2/c40-39(41,42)34-26-33(15-16-35(34)43-19-24-53-32-11-2-1-3-12-32)54(51,52)46-38(50)36-17-18-37(45-44-36)48-22-20-47(21-23-48)27-30-9-5-4-8-29(30)14-13-28-7-6-10-31(49)25-28/h1-12,15-18,25-26,43,49H,19-24,27H2,(H,46,50). The minimum absolute atomic E-state index is 0.157. The Kier molecular flexibility index (Phi) is 12.1. The van der Waals surface area contributed by atoms with Crippen molar-refractivity contribution in [1.29, 1.82) is 0 Å². The first-order valence-corrected chi connectivity index (χ1v) is 19.3. The quantitative estimate of drug-likeness (QED) is 0.0807. The zero-order valence-corrected chi connectivity index (χ0v) is 30.4. The first-order valence-electron chi connectivity index (χ1n) is 16.8. The number of nitrogens with zero attached hydrogens (tertiary/aromatic N) is 4. The molecule has 5 aromatic rings. The van der Waals surface area contributed by atoms with Crippen LogP contribution in [0.3, 0.4) is 0 Å². The van der Waals surface area contributed by atoms with Crippen molar-refractivity contribution < 1.29 is 31.5 Å². The lowest BCUT2D eigenvalue weighted by Gasteiger charge is -2.35. The number of amides is 1. The second-order valence-corrected chi connectivity index (χ2v) is 15.1. The van der Waals surface area contributed by atoms with E-state index < -0.39 is 32.6 Å². The number of alkyl halides is 3. The third kappa shape index (κ3) is 10.1. The molecule has 0 saturated carbocycles. The molecule has 1 saturated heterocycles. The Balaban J connectivity index is 1.03. The molecular formula is C39H35F3N6O4S2. The maximum atomic E-state index is 14.0. The van der Waals surface area contributed by atoms with Crippen LogP contribution in [0.1, 0.15) is 32.7 Å². The summed E-state index contributed by atoms with van der Waals surface area (Å²) in [5.41, 5.74) is 0.921. The Morgan fingerprint density at radius 2 is 1.61 bits per heavy atom. The van der Waals surface area contributed by atoms with Crippen molar-refractivity contribution in [2.45, 2.75) is 22.5 Å². The molecule has 0 spiro atoms. The number of thioether (sulfide) groups is 1. The van der Waals surface area contributed by atoms with Gasteiger partial charge in [-0.1, -0.05) is 54.3 Å². The highest BCUT2D eigenvalue weighted by atomic mass is 32.2. The molecule has 54 heavy (non-hydrogen) atoms. The van der Waals surface area contributed by atoms with Gasteiger partial charge < -0.3 is 15.3 Å². The average molecular weight is 773 g/mol. The molecule has 0 aliphatic carbocycles. The summed E-state index contributed by atoms with van der Waals surface area (Å²) in [5, 5.41) is 20.5. The lowest BCUT2D eigenvalue weighted by molar-refractivity contribution is -0.137. The van der Waals surface area contributed by atoms with E-state index in [1.54, 1.807) is 24.3 Å². The molecule has 1 aliphatic heterocycles. The number of phenols is 1. The van der Waals surface area contributed by atoms with E-state index in [4.69, 9.17) is 0 Å². The summed E-state index contributed by atoms with van der Waals surface area (Å²) in [6, 6.07) is 29.5. The zero-order chi connectivity index (χ0) is 38.1. The highest BCUT2D eigenvalue weighted by Crippen LogP contribution is 2.36. The van der Waals surface area contributed by atoms with Crippen LogP contribution in [0.4, 0.5) is 24.7 Å². The van der Waals surface area contributed by atoms with E-state index in [1.165, 1.54) is 17.8 Å². The van der Waals surface area contributed by atoms with Gasteiger partial charge in [0.05, 0.1) is 10.5 Å². The molecule has 1 fully saturated rings. The third-order valence-electron chi connectivity index (χ3n) is 8.44. The first-order chi connectivity index (χ1) is 25.9. The highest BCUT2D eigenvalue weighted by molar-refractivity contribution is 7.99. The molecule has 0 atom stereocenters. The summed E-state index contributed by atoms with van der Waals surface area (Å²) in [7, 11) is -4.69. The topological polar surface area (TPSA) is 128 Å². The average Bonchev–Trinajstić information content (AvgIpc) is 3.16. The number of piperazine rings is 1. The number of halogens is 3. The summed E-state index contributed by atoms with van der Waals surface area (Å²) in [6.45, 7) is 3.52. The molecule has 1 amide bonds. The summed E-state index contributed by atoms with van der Waals surface area (Å²) in [5.74, 6) is 6.31. The molecule has 2 heterocycles. The van der Waals surface area contributed by atoms with Gasteiger partial charge >= 0.3 is 6.18 Å². The van der Waals surface area contributed by atoms with Crippen molar-refractivity contribution in [2.75, 3.05) is 48.7 Å². The van der Waals surface area contributed by atoms with Crippen LogP contribution in [0, 0.1) is 11.8 Å². The second-order valence-electron chi connectivity index (χ2n) is 12.2. The smallest absolute Gasteiger partial charge is 0.418 e. The number of phenolic OH excluding ortho intramolecular Hbond substituents is 1. The van der Waals surface area contributed by atoms with Crippen molar-refractivity contribution in [3.8, 4) is 17.6 Å². The molecule has 15 heteroatoms. The van der Waals surface area contributed by atoms with Crippen LogP contribution in [0.25, 0.3) is 0 Å². The van der Waals surface area contributed by atoms with Crippen LogP contribution in [-0.4, -0.2) is 73.0 Å². The van der Waals surface area contributed by atoms with E-state index in [9.17, 15) is 31.5 Å². The molecule has 0 bridgehead atoms. The Morgan fingerprint density at radius 3 is 2.33 bits per heavy atom. The number of hydrogen-bond donors (Lipinski definition) is 3. The van der Waals surface area contributed by atoms with Gasteiger partial charge in [0, 0.05) is 66.7 Å². The van der Waals surface area contributed by atoms with Crippen LogP contribution in [0.2, 0.25) is 0 Å². The Labute approximate surface area is 315 Å². The molecule has 0 unspecified atom stereocenters. The SMILES string of the molecule is O=C(NS(=O)(=O)c1ccc(NCCSc2ccccc2)c(C(F)(F)F)c1)c1ccc(N2CCN(Cc3ccccc3C#Cc3cccc(O)c3)CC2)nn1. The number of benzene rings is 4. The fourth-order valence-corrected chi connectivity index (χ4v) is 7.45. The number of rotatable bonds is 11. The molecule has 278 valence electrons. The van der Waals surface area contributed by atoms with Crippen LogP contribution in [0.5, 0.6) is 5.75 Å². The maximum Gasteiger partial charge on any atom is 0.418 e. The summed E-state index contributed by atoms with van der Waals surface area (Å²) in [6.07, 6.45) is -4.86. The van der Waals surface area contributed by atoms with Crippen molar-refractivity contribution in [2.24, 2.45) is 0 Å². The summed E-state index contributed by atoms with van der Waals surface area (Å²) in [4.78, 5) is 17.4. The number of nitrogens with one attached hydrogen (secondary N) is 2. The van der Waals surface area contributed by atoms with E-state index in [0.29, 0.717) is 55.9 Å². The fraction of sp³-hybridized carbons (Fsp3) is 0.205. The third-order valence-corrected chi connectivity index (χ3v) is 10.8. The first kappa shape index (κ1) is 38.2. The van der Waals surface area contributed by atoms with Gasteiger partial charge in [-0.25, -0.2) is 13.1 Å². The van der Waals surface area contributed by atoms with Gasteiger partial charge in [0.25, 0.3) is 15.9 Å². The van der Waals surface area contributed by atoms with E-state index in [-0.39, 0.29) is 23.7 Å². The van der Waals surface area contributed by atoms with Crippen molar-refractivity contribution in [3.05, 3.63) is 137 Å². The lowest BCUT2D eigenvalue weighted by Crippen LogP contribution is -2.46. The normalized spacial score (nSPS) is 13.5. The minimum atomic E-state index is -4.86. The number of anilines is 2. The van der Waals surface area contributed by atoms with Gasteiger partial charge in [-0.05, 0) is 72.3 Å². The number of carbonyl (C=O) groups is 1. The van der Waals surface area contributed by atoms with Crippen LogP contribution in [-0.2, 0) is 22.7 Å². The highest BCUT2D eigenvalue weighted by Gasteiger charge is 2.35. The number of sulfonamides is 1. The predicted molar refractivity (Wildman–Crippen MR) is 202 cm³/mol. The van der Waals surface area contributed by atoms with Crippen LogP contribution < -0.4 is 14.9 Å². The van der Waals surface area contributed by atoms with E-state index in [0.717, 1.165) is 28.2 Å². The number of carbonyl (C=O) groups excluding carboxylic acids is 1. The molecule has 3 N–H and O–H groups in total. The van der Waals surface area contributed by atoms with Gasteiger partial charge in [0.2, 0.25) is 0 Å². The Morgan fingerprint density at radius 1 is 0.852 bits per heavy atom. The van der Waals surface area contributed by atoms with Gasteiger partial charge in [-0.3, -0.25) is 9.69 Å². The van der Waals surface area contributed by atoms with Crippen LogP contribution >= 0.6 is 11.8 Å². The van der Waals surface area contributed by atoms with E-state index in [2.05, 4.69) is 32.3 Å². The van der Waals surface area contributed by atoms with E-state index in [1.807, 2.05) is 70.3 Å². The summed E-state index contributed by atoms with van der Waals surface area (Å²) >= 11 is 1.46. The van der Waals surface area contributed by atoms with Crippen molar-refractivity contribution in [1.82, 2.24) is 19.8 Å². The molecule has 1 aromatic heterocycles.